The molecule has 3 rings (SSSR count). The molecule has 0 spiro atoms. The molecule has 0 radical (unpaired) electrons. The third kappa shape index (κ3) is 4.80. The number of rotatable bonds is 5. The number of benzene rings is 2. The Morgan fingerprint density at radius 2 is 1.81 bits per heavy atom. The molecule has 1 aliphatic rings. The minimum atomic E-state index is -3.31. The van der Waals surface area contributed by atoms with Crippen LogP contribution in [0.1, 0.15) is 17.2 Å². The van der Waals surface area contributed by atoms with Gasteiger partial charge in [-0.25, -0.2) is 8.42 Å². The van der Waals surface area contributed by atoms with Crippen molar-refractivity contribution in [1.29, 1.82) is 0 Å². The summed E-state index contributed by atoms with van der Waals surface area (Å²) in [6, 6.07) is 16.2. The number of hydrogen-bond acceptors (Lipinski definition) is 5. The minimum absolute atomic E-state index is 0.0442. The van der Waals surface area contributed by atoms with Gasteiger partial charge in [0.05, 0.1) is 18.1 Å². The molecular formula is C20H23NO5S. The molecule has 144 valence electrons. The van der Waals surface area contributed by atoms with Crippen LogP contribution in [0.3, 0.4) is 0 Å². The average Bonchev–Trinajstić information content (AvgIpc) is 2.85. The highest BCUT2D eigenvalue weighted by molar-refractivity contribution is 7.91. The fourth-order valence-electron chi connectivity index (χ4n) is 3.16. The van der Waals surface area contributed by atoms with E-state index in [0.29, 0.717) is 24.5 Å². The molecule has 6 nitrogen and oxygen atoms in total. The molecule has 1 atom stereocenters. The maximum atomic E-state index is 12.6. The van der Waals surface area contributed by atoms with Crippen molar-refractivity contribution < 1.29 is 22.7 Å². The number of ether oxygens (including phenoxy) is 2. The van der Waals surface area contributed by atoms with E-state index in [1.165, 1.54) is 0 Å². The number of carbonyl (C=O) groups excluding carboxylic acids is 1. The Morgan fingerprint density at radius 1 is 1.07 bits per heavy atom. The molecule has 1 heterocycles. The van der Waals surface area contributed by atoms with Gasteiger partial charge in [0, 0.05) is 19.2 Å². The maximum absolute atomic E-state index is 12.6. The van der Waals surface area contributed by atoms with Gasteiger partial charge in [0.1, 0.15) is 11.5 Å². The molecule has 1 unspecified atom stereocenters. The van der Waals surface area contributed by atoms with Crippen LogP contribution in [0, 0.1) is 0 Å². The van der Waals surface area contributed by atoms with Gasteiger partial charge in [-0.2, -0.15) is 0 Å². The molecule has 2 aromatic carbocycles. The molecule has 1 amide bonds. The Hall–Kier alpha value is -2.54. The van der Waals surface area contributed by atoms with Gasteiger partial charge in [0.2, 0.25) is 0 Å². The highest BCUT2D eigenvalue weighted by Gasteiger charge is 2.32. The number of amides is 1. The third-order valence-electron chi connectivity index (χ3n) is 4.67. The Morgan fingerprint density at radius 3 is 2.56 bits per heavy atom. The average molecular weight is 389 g/mol. The molecule has 0 bridgehead atoms. The zero-order valence-electron chi connectivity index (χ0n) is 15.2. The summed E-state index contributed by atoms with van der Waals surface area (Å²) in [5.74, 6) is 0.915. The van der Waals surface area contributed by atoms with Crippen LogP contribution in [0.4, 0.5) is 0 Å². The van der Waals surface area contributed by atoms with Crippen molar-refractivity contribution in [3.8, 4) is 11.5 Å². The van der Waals surface area contributed by atoms with Crippen molar-refractivity contribution in [2.24, 2.45) is 0 Å². The second-order valence-electron chi connectivity index (χ2n) is 6.40. The van der Waals surface area contributed by atoms with Crippen LogP contribution in [0.5, 0.6) is 11.5 Å². The lowest BCUT2D eigenvalue weighted by Crippen LogP contribution is -2.37. The quantitative estimate of drug-likeness (QED) is 0.785. The standard InChI is InChI=1S/C20H23NO5S/c1-25-17-8-5-9-18(14-17)26-15-20(22)21-11-10-19(27(23,24)13-12-21)16-6-3-2-4-7-16/h2-9,14,19H,10-13,15H2,1H3. The van der Waals surface area contributed by atoms with Crippen LogP contribution >= 0.6 is 0 Å². The Balaban J connectivity index is 1.63. The number of sulfone groups is 1. The number of nitrogens with zero attached hydrogens (tertiary/aromatic N) is 1. The van der Waals surface area contributed by atoms with Crippen LogP contribution in [-0.4, -0.2) is 51.8 Å². The van der Waals surface area contributed by atoms with Crippen molar-refractivity contribution in [2.45, 2.75) is 11.7 Å². The van der Waals surface area contributed by atoms with E-state index in [9.17, 15) is 13.2 Å². The topological polar surface area (TPSA) is 72.9 Å². The molecule has 1 aliphatic heterocycles. The summed E-state index contributed by atoms with van der Waals surface area (Å²) in [5, 5.41) is -0.573. The molecule has 1 saturated heterocycles. The number of methoxy groups -OCH3 is 1. The first-order valence-corrected chi connectivity index (χ1v) is 10.5. The minimum Gasteiger partial charge on any atom is -0.497 e. The molecule has 0 aliphatic carbocycles. The maximum Gasteiger partial charge on any atom is 0.260 e. The lowest BCUT2D eigenvalue weighted by atomic mass is 10.1. The van der Waals surface area contributed by atoms with E-state index in [4.69, 9.17) is 9.47 Å². The second kappa shape index (κ2) is 8.43. The summed E-state index contributed by atoms with van der Waals surface area (Å²) >= 11 is 0. The molecule has 7 heteroatoms. The summed E-state index contributed by atoms with van der Waals surface area (Å²) in [5.41, 5.74) is 0.777. The first kappa shape index (κ1) is 19.2. The van der Waals surface area contributed by atoms with Crippen molar-refractivity contribution in [2.75, 3.05) is 32.6 Å². The molecule has 27 heavy (non-hydrogen) atoms. The number of hydrogen-bond donors (Lipinski definition) is 0. The van der Waals surface area contributed by atoms with Crippen molar-refractivity contribution in [3.05, 3.63) is 60.2 Å². The van der Waals surface area contributed by atoms with Gasteiger partial charge in [-0.1, -0.05) is 36.4 Å². The van der Waals surface area contributed by atoms with Gasteiger partial charge in [0.15, 0.2) is 16.4 Å². The fraction of sp³-hybridized carbons (Fsp3) is 0.350. The molecule has 2 aromatic rings. The Labute approximate surface area is 159 Å². The van der Waals surface area contributed by atoms with Crippen LogP contribution in [0.25, 0.3) is 0 Å². The highest BCUT2D eigenvalue weighted by atomic mass is 32.2. The monoisotopic (exact) mass is 389 g/mol. The summed E-state index contributed by atoms with van der Waals surface area (Å²) in [7, 11) is -1.75. The summed E-state index contributed by atoms with van der Waals surface area (Å²) < 4.78 is 36.0. The van der Waals surface area contributed by atoms with E-state index >= 15 is 0 Å². The van der Waals surface area contributed by atoms with Gasteiger partial charge < -0.3 is 14.4 Å². The van der Waals surface area contributed by atoms with Gasteiger partial charge in [-0.05, 0) is 24.1 Å². The normalized spacial score (nSPS) is 19.1. The fourth-order valence-corrected chi connectivity index (χ4v) is 4.96. The van der Waals surface area contributed by atoms with Gasteiger partial charge in [-0.15, -0.1) is 0 Å². The first-order chi connectivity index (χ1) is 13.0. The van der Waals surface area contributed by atoms with E-state index in [1.807, 2.05) is 30.3 Å². The van der Waals surface area contributed by atoms with E-state index in [1.54, 1.807) is 36.3 Å². The predicted molar refractivity (Wildman–Crippen MR) is 103 cm³/mol. The van der Waals surface area contributed by atoms with Crippen molar-refractivity contribution in [1.82, 2.24) is 4.90 Å². The smallest absolute Gasteiger partial charge is 0.260 e. The van der Waals surface area contributed by atoms with Crippen LogP contribution in [-0.2, 0) is 14.6 Å². The van der Waals surface area contributed by atoms with Crippen molar-refractivity contribution in [3.63, 3.8) is 0 Å². The largest absolute Gasteiger partial charge is 0.497 e. The lowest BCUT2D eigenvalue weighted by molar-refractivity contribution is -0.133. The van der Waals surface area contributed by atoms with E-state index in [0.717, 1.165) is 5.56 Å². The zero-order valence-corrected chi connectivity index (χ0v) is 16.0. The SMILES string of the molecule is COc1cccc(OCC(=O)N2CCC(c3ccccc3)S(=O)(=O)CC2)c1. The van der Waals surface area contributed by atoms with Gasteiger partial charge in [-0.3, -0.25) is 4.79 Å². The Kier molecular flexibility index (Phi) is 6.01. The van der Waals surface area contributed by atoms with E-state index in [2.05, 4.69) is 0 Å². The third-order valence-corrected chi connectivity index (χ3v) is 6.79. The predicted octanol–water partition coefficient (Wildman–Crippen LogP) is 2.46. The van der Waals surface area contributed by atoms with Gasteiger partial charge >= 0.3 is 0 Å². The summed E-state index contributed by atoms with van der Waals surface area (Å²) in [6.07, 6.45) is 0.386. The van der Waals surface area contributed by atoms with Gasteiger partial charge in [0.25, 0.3) is 5.91 Å². The summed E-state index contributed by atoms with van der Waals surface area (Å²) in [4.78, 5) is 14.1. The van der Waals surface area contributed by atoms with Crippen LogP contribution in [0.15, 0.2) is 54.6 Å². The lowest BCUT2D eigenvalue weighted by Gasteiger charge is -2.20. The number of carbonyl (C=O) groups is 1. The zero-order chi connectivity index (χ0) is 19.3. The van der Waals surface area contributed by atoms with Crippen molar-refractivity contribution >= 4 is 15.7 Å². The summed E-state index contributed by atoms with van der Waals surface area (Å²) in [6.45, 7) is 0.439. The molecule has 0 saturated carbocycles. The van der Waals surface area contributed by atoms with Crippen LogP contribution < -0.4 is 9.47 Å². The van der Waals surface area contributed by atoms with Crippen LogP contribution in [0.2, 0.25) is 0 Å². The Bertz CT molecular complexity index is 882. The first-order valence-electron chi connectivity index (χ1n) is 8.81. The molecule has 0 N–H and O–H groups in total. The molecule has 0 aromatic heterocycles. The van der Waals surface area contributed by atoms with E-state index in [-0.39, 0.29) is 24.8 Å². The highest BCUT2D eigenvalue weighted by Crippen LogP contribution is 2.29. The molecule has 1 fully saturated rings. The second-order valence-corrected chi connectivity index (χ2v) is 8.71. The van der Waals surface area contributed by atoms with E-state index < -0.39 is 15.1 Å². The molecular weight excluding hydrogens is 366 g/mol.